The zero-order valence-corrected chi connectivity index (χ0v) is 17.6. The Balaban J connectivity index is 1.24. The van der Waals surface area contributed by atoms with Crippen LogP contribution in [0.2, 0.25) is 0 Å². The summed E-state index contributed by atoms with van der Waals surface area (Å²) in [7, 11) is 0. The fraction of sp³-hybridized carbons (Fsp3) is 0.231. The van der Waals surface area contributed by atoms with E-state index >= 15 is 0 Å². The Labute approximate surface area is 181 Å². The molecule has 1 heterocycles. The van der Waals surface area contributed by atoms with E-state index in [9.17, 15) is 9.59 Å². The second-order valence-electron chi connectivity index (χ2n) is 8.36. The molecule has 0 bridgehead atoms. The lowest BCUT2D eigenvalue weighted by Crippen LogP contribution is -2.28. The number of anilines is 2. The Morgan fingerprint density at radius 1 is 1.00 bits per heavy atom. The Hall–Kier alpha value is -3.60. The quantitative estimate of drug-likeness (QED) is 0.501. The van der Waals surface area contributed by atoms with E-state index in [1.54, 1.807) is 4.90 Å². The van der Waals surface area contributed by atoms with Crippen molar-refractivity contribution in [3.63, 3.8) is 0 Å². The largest absolute Gasteiger partial charge is 0.444 e. The van der Waals surface area contributed by atoms with Crippen LogP contribution < -0.4 is 10.2 Å². The molecule has 0 spiro atoms. The minimum Gasteiger partial charge on any atom is -0.444 e. The minimum absolute atomic E-state index is 0.0261. The van der Waals surface area contributed by atoms with Gasteiger partial charge < -0.3 is 9.64 Å². The van der Waals surface area contributed by atoms with Crippen LogP contribution in [0.25, 0.3) is 11.1 Å². The molecule has 1 aliphatic carbocycles. The summed E-state index contributed by atoms with van der Waals surface area (Å²) in [5.41, 5.74) is 8.66. The second-order valence-corrected chi connectivity index (χ2v) is 8.36. The second kappa shape index (κ2) is 7.58. The molecule has 2 aliphatic rings. The molecule has 1 saturated heterocycles. The minimum atomic E-state index is -0.531. The average molecular weight is 412 g/mol. The van der Waals surface area contributed by atoms with Gasteiger partial charge in [-0.2, -0.15) is 0 Å². The lowest BCUT2D eigenvalue weighted by atomic mass is 10.1. The maximum absolute atomic E-state index is 12.5. The van der Waals surface area contributed by atoms with Gasteiger partial charge in [0.15, 0.2) is 0 Å². The summed E-state index contributed by atoms with van der Waals surface area (Å²) >= 11 is 0. The van der Waals surface area contributed by atoms with Gasteiger partial charge in [-0.1, -0.05) is 42.5 Å². The van der Waals surface area contributed by atoms with Crippen LogP contribution in [0.15, 0.2) is 60.7 Å². The van der Waals surface area contributed by atoms with Gasteiger partial charge in [-0.25, -0.2) is 4.79 Å². The molecule has 1 fully saturated rings. The van der Waals surface area contributed by atoms with Crippen molar-refractivity contribution in [2.45, 2.75) is 32.8 Å². The van der Waals surface area contributed by atoms with Crippen molar-refractivity contribution in [3.05, 3.63) is 82.9 Å². The van der Waals surface area contributed by atoms with Crippen molar-refractivity contribution in [1.29, 1.82) is 0 Å². The molecule has 31 heavy (non-hydrogen) atoms. The van der Waals surface area contributed by atoms with Crippen molar-refractivity contribution in [2.75, 3.05) is 16.8 Å². The number of rotatable bonds is 3. The summed E-state index contributed by atoms with van der Waals surface area (Å²) in [4.78, 5) is 26.7. The zero-order chi connectivity index (χ0) is 21.5. The number of nitrogens with one attached hydrogen (secondary N) is 1. The van der Waals surface area contributed by atoms with Crippen LogP contribution in [0, 0.1) is 13.8 Å². The third-order valence-electron chi connectivity index (χ3n) is 6.06. The molecule has 5 rings (SSSR count). The first kappa shape index (κ1) is 19.4. The molecule has 1 N–H and O–H groups in total. The maximum atomic E-state index is 12.5. The number of carbonyl (C=O) groups is 2. The Morgan fingerprint density at radius 3 is 2.68 bits per heavy atom. The predicted molar refractivity (Wildman–Crippen MR) is 121 cm³/mol. The van der Waals surface area contributed by atoms with Crippen LogP contribution in [0.3, 0.4) is 0 Å². The highest BCUT2D eigenvalue weighted by Crippen LogP contribution is 2.37. The SMILES string of the molecule is Cc1ccc(C)c(N2CC(OC(=O)Nc3ccc4c(c3)Cc3ccccc3-4)CC2=O)c1. The third kappa shape index (κ3) is 3.67. The molecule has 3 aromatic rings. The summed E-state index contributed by atoms with van der Waals surface area (Å²) in [6, 6.07) is 20.3. The smallest absolute Gasteiger partial charge is 0.411 e. The van der Waals surface area contributed by atoms with Gasteiger partial charge in [0.2, 0.25) is 5.91 Å². The van der Waals surface area contributed by atoms with Crippen molar-refractivity contribution in [3.8, 4) is 11.1 Å². The molecule has 3 aromatic carbocycles. The number of carbonyl (C=O) groups excluding carboxylic acids is 2. The van der Waals surface area contributed by atoms with E-state index in [1.807, 2.05) is 62.4 Å². The van der Waals surface area contributed by atoms with Crippen LogP contribution in [0.5, 0.6) is 0 Å². The normalized spacial score (nSPS) is 16.8. The topological polar surface area (TPSA) is 58.6 Å². The lowest BCUT2D eigenvalue weighted by Gasteiger charge is -2.19. The van der Waals surface area contributed by atoms with Crippen LogP contribution in [0.4, 0.5) is 16.2 Å². The fourth-order valence-corrected chi connectivity index (χ4v) is 4.52. The van der Waals surface area contributed by atoms with E-state index in [0.29, 0.717) is 12.2 Å². The molecular formula is C26H24N2O3. The van der Waals surface area contributed by atoms with E-state index < -0.39 is 12.2 Å². The van der Waals surface area contributed by atoms with Crippen LogP contribution in [-0.2, 0) is 16.0 Å². The maximum Gasteiger partial charge on any atom is 0.411 e. The molecule has 0 aromatic heterocycles. The molecule has 1 unspecified atom stereocenters. The number of hydrogen-bond donors (Lipinski definition) is 1. The number of amides is 2. The standard InChI is InChI=1S/C26H24N2O3/c1-16-7-8-17(2)24(11-16)28-15-21(14-25(28)29)31-26(30)27-20-9-10-23-19(13-20)12-18-5-3-4-6-22(18)23/h3-11,13,21H,12,14-15H2,1-2H3,(H,27,30). The first-order chi connectivity index (χ1) is 15.0. The molecule has 1 atom stereocenters. The van der Waals surface area contributed by atoms with Gasteiger partial charge in [0.1, 0.15) is 6.10 Å². The van der Waals surface area contributed by atoms with E-state index in [-0.39, 0.29) is 12.3 Å². The number of benzene rings is 3. The molecular weight excluding hydrogens is 388 g/mol. The molecule has 5 nitrogen and oxygen atoms in total. The van der Waals surface area contributed by atoms with Gasteiger partial charge in [0.25, 0.3) is 0 Å². The highest BCUT2D eigenvalue weighted by Gasteiger charge is 2.34. The summed E-state index contributed by atoms with van der Waals surface area (Å²) < 4.78 is 5.58. The Morgan fingerprint density at radius 2 is 1.81 bits per heavy atom. The van der Waals surface area contributed by atoms with Crippen LogP contribution >= 0.6 is 0 Å². The first-order valence-corrected chi connectivity index (χ1v) is 10.5. The summed E-state index contributed by atoms with van der Waals surface area (Å²) in [5, 5.41) is 2.82. The van der Waals surface area contributed by atoms with Crippen molar-refractivity contribution in [2.24, 2.45) is 0 Å². The number of nitrogens with zero attached hydrogens (tertiary/aromatic N) is 1. The zero-order valence-electron chi connectivity index (χ0n) is 17.6. The molecule has 0 radical (unpaired) electrons. The van der Waals surface area contributed by atoms with E-state index in [1.165, 1.54) is 22.3 Å². The number of fused-ring (bicyclic) bond motifs is 3. The van der Waals surface area contributed by atoms with Gasteiger partial charge in [-0.3, -0.25) is 10.1 Å². The van der Waals surface area contributed by atoms with Gasteiger partial charge >= 0.3 is 6.09 Å². The van der Waals surface area contributed by atoms with Crippen molar-refractivity contribution >= 4 is 23.4 Å². The van der Waals surface area contributed by atoms with E-state index in [2.05, 4.69) is 17.4 Å². The average Bonchev–Trinajstić information content (AvgIpc) is 3.29. The van der Waals surface area contributed by atoms with E-state index in [4.69, 9.17) is 4.74 Å². The number of hydrogen-bond acceptors (Lipinski definition) is 3. The lowest BCUT2D eigenvalue weighted by molar-refractivity contribution is -0.117. The monoisotopic (exact) mass is 412 g/mol. The molecule has 5 heteroatoms. The van der Waals surface area contributed by atoms with Crippen LogP contribution in [0.1, 0.15) is 28.7 Å². The third-order valence-corrected chi connectivity index (χ3v) is 6.06. The van der Waals surface area contributed by atoms with Gasteiger partial charge in [-0.05, 0) is 71.8 Å². The molecule has 2 amide bonds. The van der Waals surface area contributed by atoms with E-state index in [0.717, 1.165) is 23.2 Å². The highest BCUT2D eigenvalue weighted by molar-refractivity contribution is 5.97. The fourth-order valence-electron chi connectivity index (χ4n) is 4.52. The molecule has 156 valence electrons. The number of aryl methyl sites for hydroxylation is 2. The van der Waals surface area contributed by atoms with Crippen LogP contribution in [-0.4, -0.2) is 24.6 Å². The summed E-state index contributed by atoms with van der Waals surface area (Å²) in [5.74, 6) is -0.0261. The Bertz CT molecular complexity index is 1200. The molecule has 1 aliphatic heterocycles. The van der Waals surface area contributed by atoms with Gasteiger partial charge in [-0.15, -0.1) is 0 Å². The number of ether oxygens (including phenoxy) is 1. The summed E-state index contributed by atoms with van der Waals surface area (Å²) in [6.07, 6.45) is 0.0559. The summed E-state index contributed by atoms with van der Waals surface area (Å²) in [6.45, 7) is 4.35. The Kier molecular flexibility index (Phi) is 4.74. The highest BCUT2D eigenvalue weighted by atomic mass is 16.6. The first-order valence-electron chi connectivity index (χ1n) is 10.5. The molecule has 0 saturated carbocycles. The van der Waals surface area contributed by atoms with Gasteiger partial charge in [0.05, 0.1) is 13.0 Å². The van der Waals surface area contributed by atoms with Gasteiger partial charge in [0, 0.05) is 11.4 Å². The van der Waals surface area contributed by atoms with Crippen molar-refractivity contribution < 1.29 is 14.3 Å². The van der Waals surface area contributed by atoms with Crippen molar-refractivity contribution in [1.82, 2.24) is 0 Å². The predicted octanol–water partition coefficient (Wildman–Crippen LogP) is 5.23.